The molecule has 0 bridgehead atoms. The Kier molecular flexibility index (Phi) is 4.00. The van der Waals surface area contributed by atoms with Crippen molar-refractivity contribution in [2.75, 3.05) is 0 Å². The number of aromatic nitrogens is 4. The van der Waals surface area contributed by atoms with Gasteiger partial charge in [-0.05, 0) is 22.6 Å². The van der Waals surface area contributed by atoms with E-state index in [1.54, 1.807) is 4.68 Å². The van der Waals surface area contributed by atoms with Gasteiger partial charge in [0, 0.05) is 12.7 Å². The van der Waals surface area contributed by atoms with Gasteiger partial charge in [-0.15, -0.1) is 5.10 Å². The largest absolute Gasteiger partial charge is 0.361 e. The van der Waals surface area contributed by atoms with Crippen molar-refractivity contribution in [2.45, 2.75) is 13.1 Å². The third-order valence-electron chi connectivity index (χ3n) is 4.14. The van der Waals surface area contributed by atoms with Crippen LogP contribution >= 0.6 is 0 Å². The fourth-order valence-corrected chi connectivity index (χ4v) is 2.87. The molecule has 2 aromatic carbocycles. The Hall–Kier alpha value is -3.41. The molecule has 0 fully saturated rings. The van der Waals surface area contributed by atoms with Gasteiger partial charge in [-0.1, -0.05) is 53.7 Å². The Bertz CT molecular complexity index is 1000. The molecule has 0 radical (unpaired) electrons. The molecule has 6 nitrogen and oxygen atoms in total. The van der Waals surface area contributed by atoms with Crippen molar-refractivity contribution in [3.05, 3.63) is 83.8 Å². The van der Waals surface area contributed by atoms with Crippen LogP contribution in [-0.4, -0.2) is 25.9 Å². The maximum Gasteiger partial charge on any atom is 0.271 e. The molecule has 0 atom stereocenters. The van der Waals surface area contributed by atoms with Crippen LogP contribution in [0.25, 0.3) is 10.9 Å². The molecule has 1 amide bonds. The van der Waals surface area contributed by atoms with Gasteiger partial charge in [0.1, 0.15) is 5.69 Å². The molecule has 2 aromatic heterocycles. The highest BCUT2D eigenvalue weighted by molar-refractivity contribution is 5.92. The van der Waals surface area contributed by atoms with E-state index in [1.807, 2.05) is 60.8 Å². The van der Waals surface area contributed by atoms with Crippen molar-refractivity contribution in [2.24, 2.45) is 0 Å². The zero-order chi connectivity index (χ0) is 17.1. The monoisotopic (exact) mass is 331 g/mol. The van der Waals surface area contributed by atoms with Gasteiger partial charge in [0.2, 0.25) is 0 Å². The van der Waals surface area contributed by atoms with Crippen molar-refractivity contribution in [3.8, 4) is 0 Å². The Labute approximate surface area is 144 Å². The lowest BCUT2D eigenvalue weighted by Crippen LogP contribution is -2.26. The van der Waals surface area contributed by atoms with E-state index in [0.717, 1.165) is 22.0 Å². The van der Waals surface area contributed by atoms with E-state index in [1.165, 1.54) is 6.20 Å². The molecule has 25 heavy (non-hydrogen) atoms. The molecule has 6 heteroatoms. The summed E-state index contributed by atoms with van der Waals surface area (Å²) in [6, 6.07) is 17.9. The summed E-state index contributed by atoms with van der Waals surface area (Å²) in [5.74, 6) is -0.190. The zero-order valence-electron chi connectivity index (χ0n) is 13.5. The highest BCUT2D eigenvalue weighted by Crippen LogP contribution is 2.16. The van der Waals surface area contributed by atoms with Crippen LogP contribution in [0.5, 0.6) is 0 Å². The van der Waals surface area contributed by atoms with Crippen LogP contribution in [0, 0.1) is 0 Å². The Balaban J connectivity index is 1.49. The smallest absolute Gasteiger partial charge is 0.271 e. The summed E-state index contributed by atoms with van der Waals surface area (Å²) < 4.78 is 1.61. The third kappa shape index (κ3) is 3.14. The molecular formula is C19H17N5O. The summed E-state index contributed by atoms with van der Waals surface area (Å²) in [5, 5.41) is 12.0. The van der Waals surface area contributed by atoms with Crippen LogP contribution < -0.4 is 5.32 Å². The minimum Gasteiger partial charge on any atom is -0.361 e. The van der Waals surface area contributed by atoms with Gasteiger partial charge < -0.3 is 10.3 Å². The number of amides is 1. The van der Waals surface area contributed by atoms with Crippen LogP contribution in [0.1, 0.15) is 21.6 Å². The van der Waals surface area contributed by atoms with E-state index >= 15 is 0 Å². The van der Waals surface area contributed by atoms with E-state index in [9.17, 15) is 4.79 Å². The molecule has 124 valence electrons. The SMILES string of the molecule is O=C(NCc1cccc2cc[nH]c12)c1cnnn1Cc1ccccc1. The quantitative estimate of drug-likeness (QED) is 0.590. The predicted molar refractivity (Wildman–Crippen MR) is 95.0 cm³/mol. The Morgan fingerprint density at radius 1 is 1.08 bits per heavy atom. The number of aromatic amines is 1. The fraction of sp³-hybridized carbons (Fsp3) is 0.105. The Morgan fingerprint density at radius 2 is 1.96 bits per heavy atom. The number of hydrogen-bond acceptors (Lipinski definition) is 3. The van der Waals surface area contributed by atoms with E-state index in [2.05, 4.69) is 20.6 Å². The lowest BCUT2D eigenvalue weighted by molar-refractivity contribution is 0.0941. The van der Waals surface area contributed by atoms with E-state index < -0.39 is 0 Å². The first-order valence-electron chi connectivity index (χ1n) is 8.07. The molecule has 4 rings (SSSR count). The van der Waals surface area contributed by atoms with Crippen LogP contribution in [0.2, 0.25) is 0 Å². The molecule has 0 saturated heterocycles. The Morgan fingerprint density at radius 3 is 2.84 bits per heavy atom. The number of nitrogens with one attached hydrogen (secondary N) is 2. The van der Waals surface area contributed by atoms with Gasteiger partial charge in [0.15, 0.2) is 0 Å². The summed E-state index contributed by atoms with van der Waals surface area (Å²) in [6.45, 7) is 0.947. The second kappa shape index (κ2) is 6.60. The average Bonchev–Trinajstić information content (AvgIpc) is 3.30. The normalized spacial score (nSPS) is 10.9. The van der Waals surface area contributed by atoms with E-state index in [0.29, 0.717) is 18.8 Å². The number of rotatable bonds is 5. The summed E-state index contributed by atoms with van der Waals surface area (Å²) in [7, 11) is 0. The van der Waals surface area contributed by atoms with Gasteiger partial charge in [-0.25, -0.2) is 4.68 Å². The lowest BCUT2D eigenvalue weighted by Gasteiger charge is -2.08. The van der Waals surface area contributed by atoms with Crippen molar-refractivity contribution in [3.63, 3.8) is 0 Å². The standard InChI is InChI=1S/C19H17N5O/c25-19(21-11-16-8-4-7-15-9-10-20-18(15)16)17-12-22-23-24(17)13-14-5-2-1-3-6-14/h1-10,12,20H,11,13H2,(H,21,25). The first-order chi connectivity index (χ1) is 12.3. The third-order valence-corrected chi connectivity index (χ3v) is 4.14. The summed E-state index contributed by atoms with van der Waals surface area (Å²) in [6.07, 6.45) is 3.39. The number of fused-ring (bicyclic) bond motifs is 1. The highest BCUT2D eigenvalue weighted by atomic mass is 16.2. The van der Waals surface area contributed by atoms with Gasteiger partial charge in [-0.2, -0.15) is 0 Å². The van der Waals surface area contributed by atoms with Gasteiger partial charge >= 0.3 is 0 Å². The molecule has 0 saturated carbocycles. The highest BCUT2D eigenvalue weighted by Gasteiger charge is 2.14. The first kappa shape index (κ1) is 15.1. The molecule has 2 N–H and O–H groups in total. The van der Waals surface area contributed by atoms with Crippen LogP contribution in [0.15, 0.2) is 67.0 Å². The van der Waals surface area contributed by atoms with Crippen LogP contribution in [0.3, 0.4) is 0 Å². The molecule has 2 heterocycles. The molecular weight excluding hydrogens is 314 g/mol. The minimum atomic E-state index is -0.190. The zero-order valence-corrected chi connectivity index (χ0v) is 13.5. The maximum absolute atomic E-state index is 12.5. The van der Waals surface area contributed by atoms with Crippen molar-refractivity contribution < 1.29 is 4.79 Å². The van der Waals surface area contributed by atoms with E-state index in [4.69, 9.17) is 0 Å². The van der Waals surface area contributed by atoms with Crippen molar-refractivity contribution >= 4 is 16.8 Å². The van der Waals surface area contributed by atoms with Crippen LogP contribution in [0.4, 0.5) is 0 Å². The topological polar surface area (TPSA) is 75.6 Å². The molecule has 4 aromatic rings. The van der Waals surface area contributed by atoms with E-state index in [-0.39, 0.29) is 5.91 Å². The molecule has 0 spiro atoms. The van der Waals surface area contributed by atoms with Gasteiger partial charge in [0.25, 0.3) is 5.91 Å². The fourth-order valence-electron chi connectivity index (χ4n) is 2.87. The molecule has 0 aliphatic carbocycles. The molecule has 0 aliphatic rings. The van der Waals surface area contributed by atoms with Gasteiger partial charge in [-0.3, -0.25) is 4.79 Å². The number of carbonyl (C=O) groups is 1. The first-order valence-corrected chi connectivity index (χ1v) is 8.07. The number of carbonyl (C=O) groups excluding carboxylic acids is 1. The summed E-state index contributed by atoms with van der Waals surface area (Å²) in [4.78, 5) is 15.8. The minimum absolute atomic E-state index is 0.190. The number of hydrogen-bond donors (Lipinski definition) is 2. The number of H-pyrrole nitrogens is 1. The van der Waals surface area contributed by atoms with Crippen molar-refractivity contribution in [1.82, 2.24) is 25.3 Å². The molecule has 0 unspecified atom stereocenters. The molecule has 0 aliphatic heterocycles. The summed E-state index contributed by atoms with van der Waals surface area (Å²) >= 11 is 0. The average molecular weight is 331 g/mol. The summed E-state index contributed by atoms with van der Waals surface area (Å²) in [5.41, 5.74) is 3.59. The van der Waals surface area contributed by atoms with Crippen molar-refractivity contribution in [1.29, 1.82) is 0 Å². The number of para-hydroxylation sites is 1. The predicted octanol–water partition coefficient (Wildman–Crippen LogP) is 2.74. The number of benzene rings is 2. The number of nitrogens with zero attached hydrogens (tertiary/aromatic N) is 3. The maximum atomic E-state index is 12.5. The second-order valence-electron chi connectivity index (χ2n) is 5.80. The second-order valence-corrected chi connectivity index (χ2v) is 5.80. The van der Waals surface area contributed by atoms with Gasteiger partial charge in [0.05, 0.1) is 18.3 Å². The van der Waals surface area contributed by atoms with Crippen LogP contribution in [-0.2, 0) is 13.1 Å². The lowest BCUT2D eigenvalue weighted by atomic mass is 10.1.